The fourth-order valence-corrected chi connectivity index (χ4v) is 2.00. The molecule has 120 valence electrons. The molecule has 0 aliphatic rings. The summed E-state index contributed by atoms with van der Waals surface area (Å²) in [6.45, 7) is 1.79. The van der Waals surface area contributed by atoms with Crippen molar-refractivity contribution in [3.05, 3.63) is 65.0 Å². The van der Waals surface area contributed by atoms with E-state index >= 15 is 0 Å². The molecule has 2 rings (SSSR count). The summed E-state index contributed by atoms with van der Waals surface area (Å²) in [5, 5.41) is 0. The average Bonchev–Trinajstić information content (AvgIpc) is 2.40. The van der Waals surface area contributed by atoms with Gasteiger partial charge in [0, 0.05) is 0 Å². The van der Waals surface area contributed by atoms with Crippen molar-refractivity contribution in [2.45, 2.75) is 19.3 Å². The van der Waals surface area contributed by atoms with E-state index in [4.69, 9.17) is 5.73 Å². The highest BCUT2D eigenvalue weighted by Crippen LogP contribution is 2.27. The fraction of sp³-hybridized carbons (Fsp3) is 0.200. The number of alkyl halides is 3. The molecule has 1 atom stereocenters. The van der Waals surface area contributed by atoms with Crippen LogP contribution in [0.25, 0.3) is 0 Å². The van der Waals surface area contributed by atoms with E-state index < -0.39 is 18.2 Å². The molecule has 0 unspecified atom stereocenters. The molecule has 2 N–H and O–H groups in total. The van der Waals surface area contributed by atoms with E-state index in [2.05, 4.69) is 4.74 Å². The molecule has 0 fully saturated rings. The van der Waals surface area contributed by atoms with Gasteiger partial charge in [-0.2, -0.15) is 0 Å². The fourth-order valence-electron chi connectivity index (χ4n) is 2.00. The van der Waals surface area contributed by atoms with Gasteiger partial charge in [0.25, 0.3) is 0 Å². The molecule has 0 aliphatic carbocycles. The number of aryl methyl sites for hydroxylation is 1. The third-order valence-electron chi connectivity index (χ3n) is 3.05. The Hall–Kier alpha value is -1.79. The van der Waals surface area contributed by atoms with Crippen LogP contribution in [0.1, 0.15) is 22.7 Å². The first-order chi connectivity index (χ1) is 9.76. The largest absolute Gasteiger partial charge is 0.573 e. The molecule has 0 aromatic heterocycles. The second-order valence-corrected chi connectivity index (χ2v) is 4.60. The minimum atomic E-state index is -4.73. The molecule has 22 heavy (non-hydrogen) atoms. The zero-order chi connectivity index (χ0) is 15.6. The van der Waals surface area contributed by atoms with Gasteiger partial charge in [-0.1, -0.05) is 18.2 Å². The molecule has 0 bridgehead atoms. The number of ether oxygens (including phenoxy) is 1. The highest BCUT2D eigenvalue weighted by molar-refractivity contribution is 5.85. The van der Waals surface area contributed by atoms with Gasteiger partial charge in [-0.3, -0.25) is 0 Å². The van der Waals surface area contributed by atoms with Gasteiger partial charge < -0.3 is 10.5 Å². The van der Waals surface area contributed by atoms with Crippen LogP contribution in [0.15, 0.2) is 42.5 Å². The summed E-state index contributed by atoms with van der Waals surface area (Å²) in [4.78, 5) is 0. The van der Waals surface area contributed by atoms with Crippen LogP contribution in [0.3, 0.4) is 0 Å². The van der Waals surface area contributed by atoms with Gasteiger partial charge in [0.05, 0.1) is 6.04 Å². The molecular weight excluding hydrogens is 322 g/mol. The molecule has 0 aliphatic heterocycles. The molecule has 0 spiro atoms. The summed E-state index contributed by atoms with van der Waals surface area (Å²) in [7, 11) is 0. The summed E-state index contributed by atoms with van der Waals surface area (Å²) >= 11 is 0. The summed E-state index contributed by atoms with van der Waals surface area (Å²) in [5.41, 5.74) is 7.99. The topological polar surface area (TPSA) is 35.2 Å². The summed E-state index contributed by atoms with van der Waals surface area (Å²) in [6.07, 6.45) is -4.73. The van der Waals surface area contributed by atoms with Gasteiger partial charge in [-0.05, 0) is 47.9 Å². The maximum atomic E-state index is 13.3. The van der Waals surface area contributed by atoms with Gasteiger partial charge in [0.2, 0.25) is 0 Å². The van der Waals surface area contributed by atoms with Crippen LogP contribution >= 0.6 is 12.4 Å². The van der Waals surface area contributed by atoms with E-state index in [0.29, 0.717) is 11.1 Å². The van der Waals surface area contributed by atoms with E-state index in [9.17, 15) is 17.6 Å². The highest BCUT2D eigenvalue weighted by atomic mass is 35.5. The van der Waals surface area contributed by atoms with Crippen molar-refractivity contribution < 1.29 is 22.3 Å². The Kier molecular flexibility index (Phi) is 5.79. The van der Waals surface area contributed by atoms with E-state index in [1.165, 1.54) is 36.4 Å². The Labute approximate surface area is 131 Å². The lowest BCUT2D eigenvalue weighted by atomic mass is 9.95. The zero-order valence-electron chi connectivity index (χ0n) is 11.5. The lowest BCUT2D eigenvalue weighted by Crippen LogP contribution is -2.17. The van der Waals surface area contributed by atoms with Gasteiger partial charge in [-0.25, -0.2) is 4.39 Å². The molecule has 0 saturated carbocycles. The smallest absolute Gasteiger partial charge is 0.406 e. The van der Waals surface area contributed by atoms with Crippen molar-refractivity contribution in [1.82, 2.24) is 0 Å². The van der Waals surface area contributed by atoms with E-state index in [0.717, 1.165) is 5.56 Å². The van der Waals surface area contributed by atoms with Crippen LogP contribution in [0.5, 0.6) is 5.75 Å². The van der Waals surface area contributed by atoms with Gasteiger partial charge in [-0.15, -0.1) is 25.6 Å². The van der Waals surface area contributed by atoms with Crippen molar-refractivity contribution in [2.75, 3.05) is 0 Å². The Morgan fingerprint density at radius 2 is 1.64 bits per heavy atom. The van der Waals surface area contributed by atoms with E-state index in [1.54, 1.807) is 13.0 Å². The van der Waals surface area contributed by atoms with Crippen molar-refractivity contribution in [1.29, 1.82) is 0 Å². The highest BCUT2D eigenvalue weighted by Gasteiger charge is 2.31. The quantitative estimate of drug-likeness (QED) is 0.838. The Balaban J connectivity index is 0.00000242. The Bertz CT molecular complexity index is 628. The molecular formula is C15H14ClF4NO. The first-order valence-electron chi connectivity index (χ1n) is 6.13. The van der Waals surface area contributed by atoms with Crippen LogP contribution in [-0.4, -0.2) is 6.36 Å². The Morgan fingerprint density at radius 1 is 1.05 bits per heavy atom. The van der Waals surface area contributed by atoms with Crippen molar-refractivity contribution >= 4 is 12.4 Å². The molecule has 0 heterocycles. The van der Waals surface area contributed by atoms with Crippen LogP contribution in [0.4, 0.5) is 17.6 Å². The lowest BCUT2D eigenvalue weighted by molar-refractivity contribution is -0.274. The van der Waals surface area contributed by atoms with Gasteiger partial charge >= 0.3 is 6.36 Å². The molecule has 2 nitrogen and oxygen atoms in total. The monoisotopic (exact) mass is 335 g/mol. The second-order valence-electron chi connectivity index (χ2n) is 4.60. The van der Waals surface area contributed by atoms with E-state index in [-0.39, 0.29) is 18.2 Å². The standard InChI is InChI=1S/C15H13F4NO.ClH/c1-9-2-5-11(16)8-13(9)14(20)10-3-6-12(7-4-10)21-15(17,18)19;/h2-8,14H,20H2,1H3;1H/t14-;/m0./s1. The van der Waals surface area contributed by atoms with Gasteiger partial charge in [0.1, 0.15) is 11.6 Å². The van der Waals surface area contributed by atoms with Gasteiger partial charge in [0.15, 0.2) is 0 Å². The summed E-state index contributed by atoms with van der Waals surface area (Å²) in [5.74, 6) is -0.738. The van der Waals surface area contributed by atoms with Crippen LogP contribution < -0.4 is 10.5 Å². The summed E-state index contributed by atoms with van der Waals surface area (Å²) < 4.78 is 53.3. The molecule has 0 radical (unpaired) electrons. The minimum Gasteiger partial charge on any atom is -0.406 e. The van der Waals surface area contributed by atoms with Crippen LogP contribution in [0.2, 0.25) is 0 Å². The number of rotatable bonds is 3. The predicted octanol–water partition coefficient (Wildman–Crippen LogP) is 4.50. The minimum absolute atomic E-state index is 0. The SMILES string of the molecule is Cc1ccc(F)cc1[C@@H](N)c1ccc(OC(F)(F)F)cc1.Cl. The predicted molar refractivity (Wildman–Crippen MR) is 77.5 cm³/mol. The number of hydrogen-bond donors (Lipinski definition) is 1. The molecule has 2 aromatic carbocycles. The van der Waals surface area contributed by atoms with Crippen molar-refractivity contribution in [2.24, 2.45) is 5.73 Å². The second kappa shape index (κ2) is 6.98. The number of nitrogens with two attached hydrogens (primary N) is 1. The van der Waals surface area contributed by atoms with Crippen molar-refractivity contribution in [3.63, 3.8) is 0 Å². The normalized spacial score (nSPS) is 12.5. The molecule has 0 amide bonds. The van der Waals surface area contributed by atoms with Crippen LogP contribution in [-0.2, 0) is 0 Å². The maximum Gasteiger partial charge on any atom is 0.573 e. The molecule has 0 saturated heterocycles. The first kappa shape index (κ1) is 18.3. The van der Waals surface area contributed by atoms with E-state index in [1.807, 2.05) is 0 Å². The first-order valence-corrected chi connectivity index (χ1v) is 6.13. The third-order valence-corrected chi connectivity index (χ3v) is 3.05. The third kappa shape index (κ3) is 4.61. The van der Waals surface area contributed by atoms with Crippen molar-refractivity contribution in [3.8, 4) is 5.75 Å². The number of halogens is 5. The number of hydrogen-bond acceptors (Lipinski definition) is 2. The Morgan fingerprint density at radius 3 is 2.18 bits per heavy atom. The molecule has 7 heteroatoms. The van der Waals surface area contributed by atoms with Crippen LogP contribution in [0, 0.1) is 12.7 Å². The summed E-state index contributed by atoms with van der Waals surface area (Å²) in [6, 6.07) is 8.83. The average molecular weight is 336 g/mol. The maximum absolute atomic E-state index is 13.3. The number of benzene rings is 2. The molecule has 2 aromatic rings. The zero-order valence-corrected chi connectivity index (χ0v) is 12.3. The lowest BCUT2D eigenvalue weighted by Gasteiger charge is -2.16.